The van der Waals surface area contributed by atoms with Crippen molar-refractivity contribution in [1.29, 1.82) is 0 Å². The van der Waals surface area contributed by atoms with Crippen LogP contribution in [0.4, 0.5) is 0 Å². The summed E-state index contributed by atoms with van der Waals surface area (Å²) in [4.78, 5) is 0.353. The first-order valence-electron chi connectivity index (χ1n) is 6.83. The molecule has 6 heteroatoms. The standard InChI is InChI=1S/C14H24N2O3S/c1-15-12-13-8-4-5-9-14(13)20(17,18)16-10-6-3-7-11-19-2/h4-5,8-9,15-16H,3,6-7,10-12H2,1-2H3. The van der Waals surface area contributed by atoms with Crippen molar-refractivity contribution in [2.45, 2.75) is 30.7 Å². The number of benzene rings is 1. The average Bonchev–Trinajstić information content (AvgIpc) is 2.43. The first-order chi connectivity index (χ1) is 9.61. The minimum Gasteiger partial charge on any atom is -0.385 e. The summed E-state index contributed by atoms with van der Waals surface area (Å²) in [7, 11) is 0.0392. The lowest BCUT2D eigenvalue weighted by Crippen LogP contribution is -2.26. The molecule has 0 radical (unpaired) electrons. The number of unbranched alkanes of at least 4 members (excludes halogenated alkanes) is 2. The fourth-order valence-corrected chi connectivity index (χ4v) is 3.25. The third-order valence-corrected chi connectivity index (χ3v) is 4.51. The van der Waals surface area contributed by atoms with Gasteiger partial charge >= 0.3 is 0 Å². The van der Waals surface area contributed by atoms with E-state index >= 15 is 0 Å². The highest BCUT2D eigenvalue weighted by atomic mass is 32.2. The van der Waals surface area contributed by atoms with E-state index in [0.29, 0.717) is 18.0 Å². The fraction of sp³-hybridized carbons (Fsp3) is 0.571. The van der Waals surface area contributed by atoms with E-state index in [0.717, 1.165) is 31.4 Å². The summed E-state index contributed by atoms with van der Waals surface area (Å²) in [6.45, 7) is 1.71. The highest BCUT2D eigenvalue weighted by Crippen LogP contribution is 2.15. The second-order valence-electron chi connectivity index (χ2n) is 4.59. The van der Waals surface area contributed by atoms with Gasteiger partial charge in [0.15, 0.2) is 0 Å². The summed E-state index contributed by atoms with van der Waals surface area (Å²) in [6, 6.07) is 7.05. The summed E-state index contributed by atoms with van der Waals surface area (Å²) in [5.41, 5.74) is 0.780. The number of hydrogen-bond acceptors (Lipinski definition) is 4. The van der Waals surface area contributed by atoms with Crippen molar-refractivity contribution < 1.29 is 13.2 Å². The summed E-state index contributed by atoms with van der Waals surface area (Å²) < 4.78 is 32.1. The largest absolute Gasteiger partial charge is 0.385 e. The predicted molar refractivity (Wildman–Crippen MR) is 80.1 cm³/mol. The molecule has 0 bridgehead atoms. The van der Waals surface area contributed by atoms with Gasteiger partial charge < -0.3 is 10.1 Å². The van der Waals surface area contributed by atoms with E-state index in [4.69, 9.17) is 4.74 Å². The van der Waals surface area contributed by atoms with E-state index in [-0.39, 0.29) is 0 Å². The van der Waals surface area contributed by atoms with Crippen LogP contribution in [0.5, 0.6) is 0 Å². The molecule has 0 saturated heterocycles. The zero-order valence-electron chi connectivity index (χ0n) is 12.2. The summed E-state index contributed by atoms with van der Waals surface area (Å²) in [5.74, 6) is 0. The molecule has 2 N–H and O–H groups in total. The maximum atomic E-state index is 12.3. The van der Waals surface area contributed by atoms with E-state index in [1.165, 1.54) is 0 Å². The van der Waals surface area contributed by atoms with Crippen LogP contribution in [0.15, 0.2) is 29.2 Å². The highest BCUT2D eigenvalue weighted by Gasteiger charge is 2.16. The lowest BCUT2D eigenvalue weighted by atomic mass is 10.2. The van der Waals surface area contributed by atoms with Gasteiger partial charge in [0.25, 0.3) is 0 Å². The summed E-state index contributed by atoms with van der Waals surface area (Å²) in [5, 5.41) is 2.98. The molecular formula is C14H24N2O3S. The van der Waals surface area contributed by atoms with Gasteiger partial charge in [-0.3, -0.25) is 0 Å². The normalized spacial score (nSPS) is 11.7. The Morgan fingerprint density at radius 3 is 2.60 bits per heavy atom. The molecule has 0 fully saturated rings. The lowest BCUT2D eigenvalue weighted by Gasteiger charge is -2.11. The Morgan fingerprint density at radius 1 is 1.15 bits per heavy atom. The molecule has 0 aliphatic carbocycles. The van der Waals surface area contributed by atoms with Crippen LogP contribution in [0.2, 0.25) is 0 Å². The van der Waals surface area contributed by atoms with E-state index in [1.54, 1.807) is 26.3 Å². The van der Waals surface area contributed by atoms with E-state index in [2.05, 4.69) is 10.0 Å². The van der Waals surface area contributed by atoms with Crippen molar-refractivity contribution in [3.63, 3.8) is 0 Å². The third-order valence-electron chi connectivity index (χ3n) is 2.95. The Hall–Kier alpha value is -0.950. The summed E-state index contributed by atoms with van der Waals surface area (Å²) >= 11 is 0. The zero-order valence-corrected chi connectivity index (χ0v) is 13.0. The van der Waals surface area contributed by atoms with Crippen LogP contribution in [0, 0.1) is 0 Å². The van der Waals surface area contributed by atoms with Gasteiger partial charge in [0.2, 0.25) is 10.0 Å². The van der Waals surface area contributed by atoms with Crippen molar-refractivity contribution in [3.05, 3.63) is 29.8 Å². The SMILES string of the molecule is CNCc1ccccc1S(=O)(=O)NCCCCCOC. The monoisotopic (exact) mass is 300 g/mol. The molecule has 0 spiro atoms. The van der Waals surface area contributed by atoms with Gasteiger partial charge in [0.1, 0.15) is 0 Å². The quantitative estimate of drug-likeness (QED) is 0.643. The maximum absolute atomic E-state index is 12.3. The number of rotatable bonds is 10. The molecule has 0 saturated carbocycles. The molecule has 0 atom stereocenters. The third kappa shape index (κ3) is 5.58. The second kappa shape index (κ2) is 9.07. The van der Waals surface area contributed by atoms with Crippen LogP contribution in [-0.4, -0.2) is 35.7 Å². The van der Waals surface area contributed by atoms with Crippen LogP contribution in [-0.2, 0) is 21.3 Å². The van der Waals surface area contributed by atoms with Crippen molar-refractivity contribution in [2.24, 2.45) is 0 Å². The molecular weight excluding hydrogens is 276 g/mol. The molecule has 1 aromatic carbocycles. The van der Waals surface area contributed by atoms with Gasteiger partial charge in [-0.05, 0) is 37.9 Å². The molecule has 20 heavy (non-hydrogen) atoms. The second-order valence-corrected chi connectivity index (χ2v) is 6.32. The van der Waals surface area contributed by atoms with Crippen molar-refractivity contribution in [2.75, 3.05) is 27.3 Å². The molecule has 0 aromatic heterocycles. The lowest BCUT2D eigenvalue weighted by molar-refractivity contribution is 0.192. The zero-order chi connectivity index (χ0) is 14.8. The first kappa shape index (κ1) is 17.1. The van der Waals surface area contributed by atoms with Crippen LogP contribution in [0.25, 0.3) is 0 Å². The molecule has 1 rings (SSSR count). The highest BCUT2D eigenvalue weighted by molar-refractivity contribution is 7.89. The predicted octanol–water partition coefficient (Wildman–Crippen LogP) is 1.50. The van der Waals surface area contributed by atoms with Gasteiger partial charge in [-0.2, -0.15) is 0 Å². The fourth-order valence-electron chi connectivity index (χ4n) is 1.93. The maximum Gasteiger partial charge on any atom is 0.240 e. The number of nitrogens with one attached hydrogen (secondary N) is 2. The Balaban J connectivity index is 2.56. The van der Waals surface area contributed by atoms with E-state index in [1.807, 2.05) is 12.1 Å². The van der Waals surface area contributed by atoms with Crippen LogP contribution in [0.1, 0.15) is 24.8 Å². The van der Waals surface area contributed by atoms with Crippen molar-refractivity contribution >= 4 is 10.0 Å². The topological polar surface area (TPSA) is 67.4 Å². The Kier molecular flexibility index (Phi) is 7.76. The molecule has 0 unspecified atom stereocenters. The minimum atomic E-state index is -3.43. The molecule has 114 valence electrons. The number of sulfonamides is 1. The average molecular weight is 300 g/mol. The molecule has 0 aliphatic heterocycles. The van der Waals surface area contributed by atoms with Crippen LogP contribution < -0.4 is 10.0 Å². The minimum absolute atomic E-state index is 0.353. The number of methoxy groups -OCH3 is 1. The Bertz CT molecular complexity index is 489. The van der Waals surface area contributed by atoms with Crippen molar-refractivity contribution in [1.82, 2.24) is 10.0 Å². The van der Waals surface area contributed by atoms with E-state index < -0.39 is 10.0 Å². The molecule has 0 amide bonds. The van der Waals surface area contributed by atoms with E-state index in [9.17, 15) is 8.42 Å². The van der Waals surface area contributed by atoms with Gasteiger partial charge in [-0.15, -0.1) is 0 Å². The van der Waals surface area contributed by atoms with Gasteiger partial charge in [0.05, 0.1) is 4.90 Å². The van der Waals surface area contributed by atoms with Gasteiger partial charge in [0, 0.05) is 26.8 Å². The summed E-state index contributed by atoms with van der Waals surface area (Å²) in [6.07, 6.45) is 2.72. The van der Waals surface area contributed by atoms with Crippen LogP contribution >= 0.6 is 0 Å². The smallest absolute Gasteiger partial charge is 0.240 e. The van der Waals surface area contributed by atoms with Crippen molar-refractivity contribution in [3.8, 4) is 0 Å². The first-order valence-corrected chi connectivity index (χ1v) is 8.31. The molecule has 5 nitrogen and oxygen atoms in total. The Labute approximate surface area is 121 Å². The molecule has 1 aromatic rings. The Morgan fingerprint density at radius 2 is 1.90 bits per heavy atom. The number of ether oxygens (including phenoxy) is 1. The molecule has 0 aliphatic rings. The van der Waals surface area contributed by atoms with Gasteiger partial charge in [-0.1, -0.05) is 18.2 Å². The van der Waals surface area contributed by atoms with Crippen LogP contribution in [0.3, 0.4) is 0 Å². The number of hydrogen-bond donors (Lipinski definition) is 2. The van der Waals surface area contributed by atoms with Gasteiger partial charge in [-0.25, -0.2) is 13.1 Å². The molecule has 0 heterocycles.